The number of hydrogen-bond acceptors (Lipinski definition) is 3. The Morgan fingerprint density at radius 3 is 2.91 bits per heavy atom. The van der Waals surface area contributed by atoms with Crippen molar-refractivity contribution in [2.45, 2.75) is 18.9 Å². The number of H-pyrrole nitrogens is 1. The van der Waals surface area contributed by atoms with Crippen LogP contribution in [0, 0.1) is 5.82 Å². The van der Waals surface area contributed by atoms with Gasteiger partial charge in [0.05, 0.1) is 16.9 Å². The minimum absolute atomic E-state index is 0.0370. The molecule has 1 unspecified atom stereocenters. The molecular weight excluding hydrogens is 293 g/mol. The number of aromatic amines is 1. The van der Waals surface area contributed by atoms with Gasteiger partial charge in [-0.15, -0.1) is 0 Å². The van der Waals surface area contributed by atoms with Crippen molar-refractivity contribution in [2.75, 3.05) is 11.4 Å². The van der Waals surface area contributed by atoms with Crippen molar-refractivity contribution in [3.05, 3.63) is 70.3 Å². The highest BCUT2D eigenvalue weighted by atomic mass is 19.1. The zero-order valence-corrected chi connectivity index (χ0v) is 12.5. The summed E-state index contributed by atoms with van der Waals surface area (Å²) in [6.07, 6.45) is 1.90. The van der Waals surface area contributed by atoms with Gasteiger partial charge in [-0.2, -0.15) is 0 Å². The predicted molar refractivity (Wildman–Crippen MR) is 88.1 cm³/mol. The standard InChI is InChI=1S/C18H16FN3O/c19-13-6-3-5-12(11-13)16-9-4-10-22(16)18-20-15-8-2-1-7-14(15)17(23)21-18/h1-3,5-8,11,16H,4,9-10H2,(H,20,21,23). The Balaban J connectivity index is 1.78. The van der Waals surface area contributed by atoms with E-state index in [2.05, 4.69) is 14.9 Å². The molecule has 1 fully saturated rings. The fourth-order valence-corrected chi connectivity index (χ4v) is 3.29. The number of benzene rings is 2. The van der Waals surface area contributed by atoms with E-state index in [9.17, 15) is 9.18 Å². The van der Waals surface area contributed by atoms with Crippen molar-refractivity contribution >= 4 is 16.9 Å². The van der Waals surface area contributed by atoms with Crippen molar-refractivity contribution in [3.63, 3.8) is 0 Å². The van der Waals surface area contributed by atoms with Gasteiger partial charge in [0.1, 0.15) is 5.82 Å². The van der Waals surface area contributed by atoms with Crippen molar-refractivity contribution in [3.8, 4) is 0 Å². The van der Waals surface area contributed by atoms with E-state index >= 15 is 0 Å². The van der Waals surface area contributed by atoms with Crippen molar-refractivity contribution in [2.24, 2.45) is 0 Å². The molecule has 0 aliphatic carbocycles. The van der Waals surface area contributed by atoms with Crippen LogP contribution in [0.4, 0.5) is 10.3 Å². The van der Waals surface area contributed by atoms with Crippen LogP contribution in [0.15, 0.2) is 53.3 Å². The number of nitrogens with zero attached hydrogens (tertiary/aromatic N) is 2. The molecule has 1 atom stereocenters. The summed E-state index contributed by atoms with van der Waals surface area (Å²) in [7, 11) is 0. The molecule has 0 spiro atoms. The van der Waals surface area contributed by atoms with Crippen molar-refractivity contribution < 1.29 is 4.39 Å². The molecule has 4 rings (SSSR count). The van der Waals surface area contributed by atoms with E-state index in [0.717, 1.165) is 24.9 Å². The average Bonchev–Trinajstić information content (AvgIpc) is 3.04. The Morgan fingerprint density at radius 2 is 2.04 bits per heavy atom. The third-order valence-electron chi connectivity index (χ3n) is 4.36. The SMILES string of the molecule is O=c1[nH]c(N2CCCC2c2cccc(F)c2)nc2ccccc12. The normalized spacial score (nSPS) is 17.8. The molecule has 2 heterocycles. The second-order valence-corrected chi connectivity index (χ2v) is 5.81. The van der Waals surface area contributed by atoms with Gasteiger partial charge in [0, 0.05) is 6.54 Å². The molecular formula is C18H16FN3O. The molecule has 3 aromatic rings. The number of rotatable bonds is 2. The number of aromatic nitrogens is 2. The van der Waals surface area contributed by atoms with E-state index in [4.69, 9.17) is 0 Å². The fraction of sp³-hybridized carbons (Fsp3) is 0.222. The third kappa shape index (κ3) is 2.48. The first-order chi connectivity index (χ1) is 11.2. The van der Waals surface area contributed by atoms with Gasteiger partial charge in [-0.05, 0) is 42.7 Å². The van der Waals surface area contributed by atoms with Crippen LogP contribution in [0.3, 0.4) is 0 Å². The van der Waals surface area contributed by atoms with Gasteiger partial charge in [0.2, 0.25) is 5.95 Å². The predicted octanol–water partition coefficient (Wildman–Crippen LogP) is 3.40. The molecule has 1 aliphatic heterocycles. The van der Waals surface area contributed by atoms with E-state index in [1.165, 1.54) is 6.07 Å². The van der Waals surface area contributed by atoms with E-state index in [1.807, 2.05) is 24.3 Å². The monoisotopic (exact) mass is 309 g/mol. The van der Waals surface area contributed by atoms with Gasteiger partial charge < -0.3 is 4.90 Å². The lowest BCUT2D eigenvalue weighted by Gasteiger charge is -2.25. The topological polar surface area (TPSA) is 49.0 Å². The molecule has 0 amide bonds. The second-order valence-electron chi connectivity index (χ2n) is 5.81. The number of nitrogens with one attached hydrogen (secondary N) is 1. The third-order valence-corrected chi connectivity index (χ3v) is 4.36. The number of fused-ring (bicyclic) bond motifs is 1. The summed E-state index contributed by atoms with van der Waals surface area (Å²) in [4.78, 5) is 21.8. The second kappa shape index (κ2) is 5.50. The van der Waals surface area contributed by atoms with Crippen LogP contribution < -0.4 is 10.5 Å². The molecule has 23 heavy (non-hydrogen) atoms. The molecule has 1 aliphatic rings. The highest BCUT2D eigenvalue weighted by Gasteiger charge is 2.28. The lowest BCUT2D eigenvalue weighted by molar-refractivity contribution is 0.617. The molecule has 4 nitrogen and oxygen atoms in total. The largest absolute Gasteiger partial charge is 0.335 e. The zero-order chi connectivity index (χ0) is 15.8. The molecule has 0 radical (unpaired) electrons. The van der Waals surface area contributed by atoms with Crippen LogP contribution in [-0.2, 0) is 0 Å². The Labute approximate surface area is 132 Å². The number of hydrogen-bond donors (Lipinski definition) is 1. The first-order valence-corrected chi connectivity index (χ1v) is 7.73. The van der Waals surface area contributed by atoms with Gasteiger partial charge in [0.15, 0.2) is 0 Å². The van der Waals surface area contributed by atoms with Gasteiger partial charge >= 0.3 is 0 Å². The highest BCUT2D eigenvalue weighted by Crippen LogP contribution is 2.34. The van der Waals surface area contributed by atoms with Gasteiger partial charge in [-0.25, -0.2) is 9.37 Å². The zero-order valence-electron chi connectivity index (χ0n) is 12.5. The lowest BCUT2D eigenvalue weighted by atomic mass is 10.0. The van der Waals surface area contributed by atoms with E-state index < -0.39 is 0 Å². The molecule has 1 saturated heterocycles. The molecule has 2 aromatic carbocycles. The summed E-state index contributed by atoms with van der Waals surface area (Å²) in [6.45, 7) is 0.794. The minimum Gasteiger partial charge on any atom is -0.335 e. The maximum Gasteiger partial charge on any atom is 0.260 e. The Hall–Kier alpha value is -2.69. The summed E-state index contributed by atoms with van der Waals surface area (Å²) in [5.41, 5.74) is 1.45. The first-order valence-electron chi connectivity index (χ1n) is 7.73. The van der Waals surface area contributed by atoms with Crippen LogP contribution in [0.1, 0.15) is 24.4 Å². The molecule has 1 N–H and O–H groups in total. The number of para-hydroxylation sites is 1. The molecule has 116 valence electrons. The smallest absolute Gasteiger partial charge is 0.260 e. The van der Waals surface area contributed by atoms with Crippen LogP contribution in [-0.4, -0.2) is 16.5 Å². The summed E-state index contributed by atoms with van der Waals surface area (Å²) in [5, 5.41) is 0.581. The Morgan fingerprint density at radius 1 is 1.17 bits per heavy atom. The molecule has 0 bridgehead atoms. The number of anilines is 1. The van der Waals surface area contributed by atoms with Gasteiger partial charge in [-0.1, -0.05) is 24.3 Å². The molecule has 1 aromatic heterocycles. The fourth-order valence-electron chi connectivity index (χ4n) is 3.29. The first kappa shape index (κ1) is 13.9. The van der Waals surface area contributed by atoms with Crippen LogP contribution >= 0.6 is 0 Å². The van der Waals surface area contributed by atoms with Crippen LogP contribution in [0.25, 0.3) is 10.9 Å². The molecule has 5 heteroatoms. The highest BCUT2D eigenvalue weighted by molar-refractivity contribution is 5.78. The van der Waals surface area contributed by atoms with Crippen molar-refractivity contribution in [1.82, 2.24) is 9.97 Å². The Kier molecular flexibility index (Phi) is 3.33. The lowest BCUT2D eigenvalue weighted by Crippen LogP contribution is -2.27. The Bertz CT molecular complexity index is 921. The summed E-state index contributed by atoms with van der Waals surface area (Å²) >= 11 is 0. The maximum absolute atomic E-state index is 13.5. The van der Waals surface area contributed by atoms with Crippen LogP contribution in [0.2, 0.25) is 0 Å². The quantitative estimate of drug-likeness (QED) is 0.789. The van der Waals surface area contributed by atoms with E-state index in [-0.39, 0.29) is 17.4 Å². The summed E-state index contributed by atoms with van der Waals surface area (Å²) < 4.78 is 13.5. The molecule has 0 saturated carbocycles. The summed E-state index contributed by atoms with van der Waals surface area (Å²) in [5.74, 6) is 0.315. The van der Waals surface area contributed by atoms with E-state index in [0.29, 0.717) is 16.9 Å². The van der Waals surface area contributed by atoms with Gasteiger partial charge in [-0.3, -0.25) is 9.78 Å². The van der Waals surface area contributed by atoms with Gasteiger partial charge in [0.25, 0.3) is 5.56 Å². The summed E-state index contributed by atoms with van der Waals surface area (Å²) in [6, 6.07) is 14.0. The van der Waals surface area contributed by atoms with E-state index in [1.54, 1.807) is 18.2 Å². The van der Waals surface area contributed by atoms with Crippen LogP contribution in [0.5, 0.6) is 0 Å². The van der Waals surface area contributed by atoms with Crippen molar-refractivity contribution in [1.29, 1.82) is 0 Å². The number of halogens is 1. The minimum atomic E-state index is -0.241. The maximum atomic E-state index is 13.5. The average molecular weight is 309 g/mol.